The van der Waals surface area contributed by atoms with Gasteiger partial charge in [-0.1, -0.05) is 12.1 Å². The van der Waals surface area contributed by atoms with Gasteiger partial charge in [-0.25, -0.2) is 4.39 Å². The number of aliphatic hydroxyl groups is 1. The molecule has 5 nitrogen and oxygen atoms in total. The number of hydrogen-bond acceptors (Lipinski definition) is 4. The van der Waals surface area contributed by atoms with Crippen LogP contribution in [0.25, 0.3) is 0 Å². The number of amides is 1. The molecule has 0 aromatic heterocycles. The molecule has 1 unspecified atom stereocenters. The van der Waals surface area contributed by atoms with Crippen LogP contribution in [-0.2, 0) is 9.53 Å². The molecule has 0 radical (unpaired) electrons. The summed E-state index contributed by atoms with van der Waals surface area (Å²) in [6.45, 7) is 1.38. The summed E-state index contributed by atoms with van der Waals surface area (Å²) < 4.78 is 17.5. The Bertz CT molecular complexity index is 384. The van der Waals surface area contributed by atoms with Gasteiger partial charge in [0.25, 0.3) is 0 Å². The number of benzene rings is 1. The van der Waals surface area contributed by atoms with Crippen molar-refractivity contribution in [1.82, 2.24) is 10.6 Å². The van der Waals surface area contributed by atoms with E-state index in [1.54, 1.807) is 7.11 Å². The number of aliphatic hydroxyl groups excluding tert-OH is 1. The van der Waals surface area contributed by atoms with Crippen LogP contribution in [0.5, 0.6) is 0 Å². The van der Waals surface area contributed by atoms with Gasteiger partial charge in [0.15, 0.2) is 0 Å². The monoisotopic (exact) mass is 270 g/mol. The molecule has 1 rings (SSSR count). The summed E-state index contributed by atoms with van der Waals surface area (Å²) >= 11 is 0. The van der Waals surface area contributed by atoms with Crippen molar-refractivity contribution >= 4 is 5.91 Å². The molecule has 6 heteroatoms. The predicted octanol–water partition coefficient (Wildman–Crippen LogP) is 0.211. The van der Waals surface area contributed by atoms with Crippen molar-refractivity contribution in [2.24, 2.45) is 0 Å². The zero-order valence-corrected chi connectivity index (χ0v) is 10.9. The minimum absolute atomic E-state index is 0.0937. The Balaban J connectivity index is 2.24. The molecule has 1 aromatic rings. The molecule has 0 spiro atoms. The van der Waals surface area contributed by atoms with Crippen molar-refractivity contribution in [3.63, 3.8) is 0 Å². The number of hydrogen-bond donors (Lipinski definition) is 3. The van der Waals surface area contributed by atoms with Crippen LogP contribution in [0.2, 0.25) is 0 Å². The first kappa shape index (κ1) is 15.6. The van der Waals surface area contributed by atoms with Gasteiger partial charge in [0, 0.05) is 20.2 Å². The highest BCUT2D eigenvalue weighted by molar-refractivity contribution is 5.78. The van der Waals surface area contributed by atoms with Crippen molar-refractivity contribution in [2.75, 3.05) is 33.4 Å². The Kier molecular flexibility index (Phi) is 7.02. The van der Waals surface area contributed by atoms with Crippen LogP contribution in [0.1, 0.15) is 11.7 Å². The Morgan fingerprint density at radius 1 is 1.42 bits per heavy atom. The van der Waals surface area contributed by atoms with Gasteiger partial charge in [0.1, 0.15) is 5.82 Å². The zero-order valence-electron chi connectivity index (χ0n) is 10.9. The molecule has 1 atom stereocenters. The van der Waals surface area contributed by atoms with Crippen molar-refractivity contribution in [2.45, 2.75) is 6.10 Å². The highest BCUT2D eigenvalue weighted by Gasteiger charge is 2.09. The van der Waals surface area contributed by atoms with E-state index in [0.29, 0.717) is 18.7 Å². The number of carbonyl (C=O) groups excluding carboxylic acids is 1. The van der Waals surface area contributed by atoms with Gasteiger partial charge in [-0.2, -0.15) is 0 Å². The molecule has 0 aliphatic carbocycles. The highest BCUT2D eigenvalue weighted by Crippen LogP contribution is 2.12. The lowest BCUT2D eigenvalue weighted by molar-refractivity contribution is -0.120. The average Bonchev–Trinajstić information content (AvgIpc) is 2.42. The van der Waals surface area contributed by atoms with E-state index in [2.05, 4.69) is 10.6 Å². The van der Waals surface area contributed by atoms with Crippen LogP contribution in [-0.4, -0.2) is 44.4 Å². The summed E-state index contributed by atoms with van der Waals surface area (Å²) in [5.74, 6) is -0.570. The SMILES string of the molecule is COCCNCC(=O)NCC(O)c1ccc(F)cc1. The topological polar surface area (TPSA) is 70.6 Å². The first-order valence-electron chi connectivity index (χ1n) is 6.03. The largest absolute Gasteiger partial charge is 0.387 e. The van der Waals surface area contributed by atoms with Gasteiger partial charge in [-0.15, -0.1) is 0 Å². The Labute approximate surface area is 111 Å². The van der Waals surface area contributed by atoms with Crippen LogP contribution >= 0.6 is 0 Å². The zero-order chi connectivity index (χ0) is 14.1. The standard InChI is InChI=1S/C13H19FN2O3/c1-19-7-6-15-9-13(18)16-8-12(17)10-2-4-11(14)5-3-10/h2-5,12,15,17H,6-9H2,1H3,(H,16,18). The number of methoxy groups -OCH3 is 1. The van der Waals surface area contributed by atoms with Crippen LogP contribution in [0, 0.1) is 5.82 Å². The quantitative estimate of drug-likeness (QED) is 0.591. The molecular formula is C13H19FN2O3. The van der Waals surface area contributed by atoms with Gasteiger partial charge >= 0.3 is 0 Å². The first-order chi connectivity index (χ1) is 9.13. The lowest BCUT2D eigenvalue weighted by Crippen LogP contribution is -2.37. The van der Waals surface area contributed by atoms with Crippen molar-refractivity contribution in [3.05, 3.63) is 35.6 Å². The maximum Gasteiger partial charge on any atom is 0.234 e. The maximum atomic E-state index is 12.7. The summed E-state index contributed by atoms with van der Waals surface area (Å²) in [6.07, 6.45) is -0.844. The Morgan fingerprint density at radius 2 is 2.11 bits per heavy atom. The summed E-state index contributed by atoms with van der Waals surface area (Å²) in [5.41, 5.74) is 0.564. The summed E-state index contributed by atoms with van der Waals surface area (Å²) in [4.78, 5) is 11.4. The second-order valence-electron chi connectivity index (χ2n) is 4.04. The third-order valence-corrected chi connectivity index (χ3v) is 2.52. The smallest absolute Gasteiger partial charge is 0.234 e. The second kappa shape index (κ2) is 8.58. The number of halogens is 1. The minimum atomic E-state index is -0.844. The molecule has 106 valence electrons. The van der Waals surface area contributed by atoms with Crippen molar-refractivity contribution < 1.29 is 19.0 Å². The van der Waals surface area contributed by atoms with E-state index >= 15 is 0 Å². The fraction of sp³-hybridized carbons (Fsp3) is 0.462. The Hall–Kier alpha value is -1.50. The van der Waals surface area contributed by atoms with E-state index in [4.69, 9.17) is 4.74 Å². The number of carbonyl (C=O) groups is 1. The summed E-state index contributed by atoms with van der Waals surface area (Å²) in [5, 5.41) is 15.3. The normalized spacial score (nSPS) is 12.2. The molecular weight excluding hydrogens is 251 g/mol. The van der Waals surface area contributed by atoms with E-state index in [1.807, 2.05) is 0 Å². The van der Waals surface area contributed by atoms with Crippen LogP contribution in [0.15, 0.2) is 24.3 Å². The average molecular weight is 270 g/mol. The van der Waals surface area contributed by atoms with Gasteiger partial charge in [0.2, 0.25) is 5.91 Å². The van der Waals surface area contributed by atoms with E-state index in [9.17, 15) is 14.3 Å². The van der Waals surface area contributed by atoms with Gasteiger partial charge in [-0.3, -0.25) is 4.79 Å². The second-order valence-corrected chi connectivity index (χ2v) is 4.04. The van der Waals surface area contributed by atoms with E-state index < -0.39 is 6.10 Å². The van der Waals surface area contributed by atoms with Gasteiger partial charge in [0.05, 0.1) is 19.3 Å². The van der Waals surface area contributed by atoms with Crippen molar-refractivity contribution in [1.29, 1.82) is 0 Å². The first-order valence-corrected chi connectivity index (χ1v) is 6.03. The lowest BCUT2D eigenvalue weighted by Gasteiger charge is -2.12. The molecule has 0 heterocycles. The molecule has 3 N–H and O–H groups in total. The molecule has 0 saturated carbocycles. The summed E-state index contributed by atoms with van der Waals surface area (Å²) in [7, 11) is 1.58. The van der Waals surface area contributed by atoms with Crippen molar-refractivity contribution in [3.8, 4) is 0 Å². The Morgan fingerprint density at radius 3 is 2.74 bits per heavy atom. The molecule has 0 aliphatic heterocycles. The van der Waals surface area contributed by atoms with E-state index in [1.165, 1.54) is 24.3 Å². The number of nitrogens with one attached hydrogen (secondary N) is 2. The van der Waals surface area contributed by atoms with E-state index in [-0.39, 0.29) is 24.8 Å². The minimum Gasteiger partial charge on any atom is -0.387 e. The summed E-state index contributed by atoms with van der Waals surface area (Å²) in [6, 6.07) is 5.52. The predicted molar refractivity (Wildman–Crippen MR) is 69.1 cm³/mol. The molecule has 1 amide bonds. The van der Waals surface area contributed by atoms with E-state index in [0.717, 1.165) is 0 Å². The fourth-order valence-electron chi connectivity index (χ4n) is 1.45. The lowest BCUT2D eigenvalue weighted by atomic mass is 10.1. The third-order valence-electron chi connectivity index (χ3n) is 2.52. The van der Waals surface area contributed by atoms with Crippen LogP contribution in [0.4, 0.5) is 4.39 Å². The van der Waals surface area contributed by atoms with Gasteiger partial charge < -0.3 is 20.5 Å². The molecule has 0 aliphatic rings. The molecule has 0 saturated heterocycles. The number of ether oxygens (including phenoxy) is 1. The van der Waals surface area contributed by atoms with Crippen LogP contribution < -0.4 is 10.6 Å². The van der Waals surface area contributed by atoms with Gasteiger partial charge in [-0.05, 0) is 17.7 Å². The third kappa shape index (κ3) is 6.28. The maximum absolute atomic E-state index is 12.7. The molecule has 0 fully saturated rings. The fourth-order valence-corrected chi connectivity index (χ4v) is 1.45. The molecule has 19 heavy (non-hydrogen) atoms. The number of rotatable bonds is 8. The highest BCUT2D eigenvalue weighted by atomic mass is 19.1. The molecule has 1 aromatic carbocycles. The van der Waals surface area contributed by atoms with Crippen LogP contribution in [0.3, 0.4) is 0 Å². The molecule has 0 bridgehead atoms.